The van der Waals surface area contributed by atoms with Gasteiger partial charge in [0.1, 0.15) is 0 Å². The number of quaternary nitrogens is 1. The second-order valence-electron chi connectivity index (χ2n) is 7.11. The minimum absolute atomic E-state index is 0.00754. The molecule has 1 fully saturated rings. The number of nitrogens with zero attached hydrogens (tertiary/aromatic N) is 2. The number of carbonyl (C=O) groups excluding carboxylic acids is 2. The molecular formula is C20H29N4O2S+. The molecule has 3 rings (SSSR count). The van der Waals surface area contributed by atoms with Crippen LogP contribution in [-0.4, -0.2) is 61.0 Å². The lowest BCUT2D eigenvalue weighted by Gasteiger charge is -2.32. The Morgan fingerprint density at radius 2 is 2.11 bits per heavy atom. The van der Waals surface area contributed by atoms with Crippen LogP contribution in [0.25, 0.3) is 10.2 Å². The van der Waals surface area contributed by atoms with Gasteiger partial charge < -0.3 is 15.1 Å². The van der Waals surface area contributed by atoms with Gasteiger partial charge in [-0.1, -0.05) is 12.1 Å². The first-order chi connectivity index (χ1) is 13.1. The number of hydrogen-bond acceptors (Lipinski definition) is 4. The van der Waals surface area contributed by atoms with E-state index in [9.17, 15) is 9.59 Å². The molecule has 7 heteroatoms. The zero-order valence-electron chi connectivity index (χ0n) is 16.2. The van der Waals surface area contributed by atoms with Gasteiger partial charge in [0.2, 0.25) is 0 Å². The Labute approximate surface area is 164 Å². The molecule has 0 spiro atoms. The molecule has 1 aliphatic heterocycles. The Morgan fingerprint density at radius 1 is 1.30 bits per heavy atom. The van der Waals surface area contributed by atoms with Crippen molar-refractivity contribution in [3.63, 3.8) is 0 Å². The number of thiazole rings is 1. The molecule has 0 aliphatic carbocycles. The topological polar surface area (TPSA) is 66.7 Å². The third-order valence-corrected chi connectivity index (χ3v) is 6.32. The van der Waals surface area contributed by atoms with E-state index < -0.39 is 0 Å². The maximum absolute atomic E-state index is 12.8. The van der Waals surface area contributed by atoms with Crippen LogP contribution >= 0.6 is 11.3 Å². The van der Waals surface area contributed by atoms with E-state index in [-0.39, 0.29) is 11.8 Å². The summed E-state index contributed by atoms with van der Waals surface area (Å²) in [5, 5.41) is 3.95. The van der Waals surface area contributed by atoms with E-state index in [0.29, 0.717) is 25.6 Å². The molecule has 0 bridgehead atoms. The fourth-order valence-electron chi connectivity index (χ4n) is 3.59. The minimum atomic E-state index is 0.00754. The average molecular weight is 390 g/mol. The summed E-state index contributed by atoms with van der Waals surface area (Å²) < 4.78 is 1.21. The summed E-state index contributed by atoms with van der Waals surface area (Å²) in [6.07, 6.45) is 2.08. The van der Waals surface area contributed by atoms with Gasteiger partial charge in [0.25, 0.3) is 11.8 Å². The molecule has 2 amide bonds. The number of nitrogens with one attached hydrogen (secondary N) is 2. The standard InChI is InChI=1S/C20H28N4O2S/c1-3-21-18(25)13-23(4-2)14-19(26)24-11-7-8-15(12-24)20-22-16-9-5-6-10-17(16)27-20/h5-6,9-10,15H,3-4,7-8,11-14H2,1-2H3,(H,21,25)/p+1/t15-/m0/s1. The fraction of sp³-hybridized carbons (Fsp3) is 0.550. The zero-order valence-corrected chi connectivity index (χ0v) is 17.0. The number of piperidine rings is 1. The van der Waals surface area contributed by atoms with E-state index in [1.807, 2.05) is 36.9 Å². The average Bonchev–Trinajstić information content (AvgIpc) is 3.12. The Morgan fingerprint density at radius 3 is 2.85 bits per heavy atom. The molecule has 2 heterocycles. The van der Waals surface area contributed by atoms with Crippen molar-refractivity contribution in [3.05, 3.63) is 29.3 Å². The van der Waals surface area contributed by atoms with Crippen LogP contribution in [0.2, 0.25) is 0 Å². The maximum Gasteiger partial charge on any atom is 0.277 e. The predicted octanol–water partition coefficient (Wildman–Crippen LogP) is 1.04. The van der Waals surface area contributed by atoms with E-state index in [4.69, 9.17) is 4.98 Å². The highest BCUT2D eigenvalue weighted by molar-refractivity contribution is 7.18. The first-order valence-electron chi connectivity index (χ1n) is 9.84. The quantitative estimate of drug-likeness (QED) is 0.744. The van der Waals surface area contributed by atoms with E-state index in [1.165, 1.54) is 4.70 Å². The highest BCUT2D eigenvalue weighted by Crippen LogP contribution is 2.32. The number of amides is 2. The van der Waals surface area contributed by atoms with Crippen molar-refractivity contribution >= 4 is 33.4 Å². The first-order valence-corrected chi connectivity index (χ1v) is 10.7. The highest BCUT2D eigenvalue weighted by Gasteiger charge is 2.29. The molecule has 0 saturated carbocycles. The van der Waals surface area contributed by atoms with Crippen molar-refractivity contribution in [2.75, 3.05) is 39.3 Å². The third-order valence-electron chi connectivity index (χ3n) is 5.12. The SMILES string of the molecule is CCNC(=O)C[NH+](CC)CC(=O)N1CCC[C@H](c2nc3ccccc3s2)C1. The van der Waals surface area contributed by atoms with Crippen LogP contribution in [0.3, 0.4) is 0 Å². The molecule has 1 aliphatic rings. The fourth-order valence-corrected chi connectivity index (χ4v) is 4.69. The Kier molecular flexibility index (Phi) is 6.79. The highest BCUT2D eigenvalue weighted by atomic mass is 32.1. The first kappa shape index (κ1) is 19.8. The normalized spacial score (nSPS) is 18.4. The van der Waals surface area contributed by atoms with Crippen LogP contribution in [-0.2, 0) is 9.59 Å². The molecule has 146 valence electrons. The van der Waals surface area contributed by atoms with Gasteiger partial charge in [-0.2, -0.15) is 0 Å². The van der Waals surface area contributed by atoms with Gasteiger partial charge in [0.05, 0.1) is 21.8 Å². The lowest BCUT2D eigenvalue weighted by atomic mass is 9.98. The molecule has 1 saturated heterocycles. The Bertz CT molecular complexity index is 758. The molecule has 2 aromatic rings. The minimum Gasteiger partial charge on any atom is -0.351 e. The van der Waals surface area contributed by atoms with Crippen molar-refractivity contribution in [2.45, 2.75) is 32.6 Å². The number of likely N-dealkylation sites (N-methyl/N-ethyl adjacent to an activating group) is 2. The van der Waals surface area contributed by atoms with Gasteiger partial charge in [0, 0.05) is 25.6 Å². The molecular weight excluding hydrogens is 360 g/mol. The molecule has 2 atom stereocenters. The smallest absolute Gasteiger partial charge is 0.277 e. The van der Waals surface area contributed by atoms with Crippen LogP contribution in [0.15, 0.2) is 24.3 Å². The number of carbonyl (C=O) groups is 2. The number of benzene rings is 1. The molecule has 1 aromatic carbocycles. The number of fused-ring (bicyclic) bond motifs is 1. The number of likely N-dealkylation sites (tertiary alicyclic amines) is 1. The van der Waals surface area contributed by atoms with Gasteiger partial charge >= 0.3 is 0 Å². The van der Waals surface area contributed by atoms with Crippen LogP contribution < -0.4 is 10.2 Å². The number of rotatable bonds is 7. The second kappa shape index (κ2) is 9.28. The van der Waals surface area contributed by atoms with Crippen molar-refractivity contribution in [1.82, 2.24) is 15.2 Å². The molecule has 1 unspecified atom stereocenters. The van der Waals surface area contributed by atoms with E-state index in [0.717, 1.165) is 47.9 Å². The molecule has 0 radical (unpaired) electrons. The largest absolute Gasteiger partial charge is 0.351 e. The van der Waals surface area contributed by atoms with Crippen LogP contribution in [0.5, 0.6) is 0 Å². The number of para-hydroxylation sites is 1. The van der Waals surface area contributed by atoms with Crippen molar-refractivity contribution in [3.8, 4) is 0 Å². The van der Waals surface area contributed by atoms with E-state index in [2.05, 4.69) is 11.4 Å². The Hall–Kier alpha value is -1.99. The third kappa shape index (κ3) is 5.05. The van der Waals surface area contributed by atoms with Crippen LogP contribution in [0.1, 0.15) is 37.6 Å². The lowest BCUT2D eigenvalue weighted by molar-refractivity contribution is -0.882. The summed E-state index contributed by atoms with van der Waals surface area (Å²) in [5.41, 5.74) is 1.05. The van der Waals surface area contributed by atoms with Crippen molar-refractivity contribution in [2.24, 2.45) is 0 Å². The van der Waals surface area contributed by atoms with Crippen molar-refractivity contribution in [1.29, 1.82) is 0 Å². The van der Waals surface area contributed by atoms with Gasteiger partial charge in [-0.3, -0.25) is 9.59 Å². The van der Waals surface area contributed by atoms with E-state index in [1.54, 1.807) is 11.3 Å². The summed E-state index contributed by atoms with van der Waals surface area (Å²) in [7, 11) is 0. The summed E-state index contributed by atoms with van der Waals surface area (Å²) in [6, 6.07) is 8.20. The zero-order chi connectivity index (χ0) is 19.2. The molecule has 27 heavy (non-hydrogen) atoms. The van der Waals surface area contributed by atoms with Crippen molar-refractivity contribution < 1.29 is 14.5 Å². The van der Waals surface area contributed by atoms with Gasteiger partial charge in [0.15, 0.2) is 13.1 Å². The monoisotopic (exact) mass is 389 g/mol. The van der Waals surface area contributed by atoms with Crippen LogP contribution in [0, 0.1) is 0 Å². The predicted molar refractivity (Wildman–Crippen MR) is 108 cm³/mol. The lowest BCUT2D eigenvalue weighted by Crippen LogP contribution is -3.14. The van der Waals surface area contributed by atoms with Gasteiger partial charge in [-0.15, -0.1) is 11.3 Å². The van der Waals surface area contributed by atoms with Crippen LogP contribution in [0.4, 0.5) is 0 Å². The molecule has 2 N–H and O–H groups in total. The summed E-state index contributed by atoms with van der Waals surface area (Å²) in [6.45, 7) is 7.57. The molecule has 1 aromatic heterocycles. The summed E-state index contributed by atoms with van der Waals surface area (Å²) >= 11 is 1.74. The molecule has 6 nitrogen and oxygen atoms in total. The summed E-state index contributed by atoms with van der Waals surface area (Å²) in [5.74, 6) is 0.462. The Balaban J connectivity index is 1.61. The maximum atomic E-state index is 12.8. The van der Waals surface area contributed by atoms with E-state index >= 15 is 0 Å². The number of aromatic nitrogens is 1. The van der Waals surface area contributed by atoms with Gasteiger partial charge in [-0.05, 0) is 38.8 Å². The second-order valence-corrected chi connectivity index (χ2v) is 8.17. The number of hydrogen-bond donors (Lipinski definition) is 2. The summed E-state index contributed by atoms with van der Waals surface area (Å²) in [4.78, 5) is 32.4. The van der Waals surface area contributed by atoms with Gasteiger partial charge in [-0.25, -0.2) is 4.98 Å².